The molecule has 1 aromatic rings. The van der Waals surface area contributed by atoms with E-state index in [9.17, 15) is 9.59 Å². The van der Waals surface area contributed by atoms with E-state index in [0.717, 1.165) is 0 Å². The van der Waals surface area contributed by atoms with E-state index in [4.69, 9.17) is 22.1 Å². The van der Waals surface area contributed by atoms with Crippen molar-refractivity contribution in [2.75, 3.05) is 7.11 Å². The Bertz CT molecular complexity index is 522. The van der Waals surface area contributed by atoms with Gasteiger partial charge in [0.2, 0.25) is 0 Å². The van der Waals surface area contributed by atoms with Crippen LogP contribution in [0.15, 0.2) is 18.2 Å². The molecule has 20 heavy (non-hydrogen) atoms. The lowest BCUT2D eigenvalue weighted by Crippen LogP contribution is -2.31. The van der Waals surface area contributed by atoms with Gasteiger partial charge in [0, 0.05) is 5.02 Å². The quantitative estimate of drug-likeness (QED) is 0.867. The van der Waals surface area contributed by atoms with Gasteiger partial charge in [0.25, 0.3) is 0 Å². The maximum absolute atomic E-state index is 11.9. The zero-order valence-corrected chi connectivity index (χ0v) is 12.7. The number of rotatable bonds is 3. The first-order chi connectivity index (χ1) is 9.15. The second-order valence-electron chi connectivity index (χ2n) is 5.24. The molecule has 0 radical (unpaired) electrons. The summed E-state index contributed by atoms with van der Waals surface area (Å²) in [6.45, 7) is 5.25. The van der Waals surface area contributed by atoms with E-state index in [1.54, 1.807) is 20.8 Å². The van der Waals surface area contributed by atoms with Crippen LogP contribution in [0.2, 0.25) is 5.02 Å². The molecule has 110 valence electrons. The zero-order valence-electron chi connectivity index (χ0n) is 11.9. The second-order valence-corrected chi connectivity index (χ2v) is 5.65. The van der Waals surface area contributed by atoms with Gasteiger partial charge >= 0.3 is 11.9 Å². The minimum Gasteiger partial charge on any atom is -0.465 e. The molecule has 0 saturated carbocycles. The molecule has 0 aliphatic rings. The molecule has 0 aromatic heterocycles. The predicted molar refractivity (Wildman–Crippen MR) is 75.6 cm³/mol. The third-order valence-electron chi connectivity index (χ3n) is 2.42. The molecule has 2 N–H and O–H groups in total. The van der Waals surface area contributed by atoms with Crippen LogP contribution in [-0.2, 0) is 14.3 Å². The van der Waals surface area contributed by atoms with E-state index < -0.39 is 23.6 Å². The van der Waals surface area contributed by atoms with Crippen LogP contribution >= 0.6 is 11.6 Å². The molecule has 5 nitrogen and oxygen atoms in total. The van der Waals surface area contributed by atoms with E-state index in [2.05, 4.69) is 4.74 Å². The molecular weight excluding hydrogens is 282 g/mol. The predicted octanol–water partition coefficient (Wildman–Crippen LogP) is 2.47. The molecule has 0 saturated heterocycles. The summed E-state index contributed by atoms with van der Waals surface area (Å²) in [7, 11) is 1.27. The molecule has 0 bridgehead atoms. The van der Waals surface area contributed by atoms with Crippen LogP contribution in [-0.4, -0.2) is 24.6 Å². The highest BCUT2D eigenvalue weighted by atomic mass is 35.5. The van der Waals surface area contributed by atoms with Crippen molar-refractivity contribution in [2.24, 2.45) is 5.73 Å². The normalized spacial score (nSPS) is 12.7. The van der Waals surface area contributed by atoms with Crippen LogP contribution in [0.25, 0.3) is 0 Å². The Kier molecular flexibility index (Phi) is 5.14. The molecule has 0 amide bonds. The molecule has 1 aromatic carbocycles. The summed E-state index contributed by atoms with van der Waals surface area (Å²) in [5, 5.41) is 0.214. The van der Waals surface area contributed by atoms with Gasteiger partial charge in [-0.3, -0.25) is 0 Å². The van der Waals surface area contributed by atoms with Gasteiger partial charge in [0.1, 0.15) is 11.6 Å². The number of halogens is 1. The van der Waals surface area contributed by atoms with E-state index in [-0.39, 0.29) is 10.6 Å². The summed E-state index contributed by atoms with van der Waals surface area (Å²) < 4.78 is 9.78. The molecule has 0 aliphatic heterocycles. The van der Waals surface area contributed by atoms with Crippen LogP contribution in [0, 0.1) is 0 Å². The zero-order chi connectivity index (χ0) is 15.5. The number of esters is 2. The fourth-order valence-electron chi connectivity index (χ4n) is 1.52. The average Bonchev–Trinajstić information content (AvgIpc) is 2.34. The highest BCUT2D eigenvalue weighted by Crippen LogP contribution is 2.25. The number of methoxy groups -OCH3 is 1. The summed E-state index contributed by atoms with van der Waals surface area (Å²) in [6.07, 6.45) is 0. The number of carbonyl (C=O) groups is 2. The van der Waals surface area contributed by atoms with Crippen molar-refractivity contribution in [2.45, 2.75) is 32.4 Å². The third kappa shape index (κ3) is 4.21. The Morgan fingerprint density at radius 1 is 1.30 bits per heavy atom. The molecule has 6 heteroatoms. The topological polar surface area (TPSA) is 78.6 Å². The van der Waals surface area contributed by atoms with Crippen molar-refractivity contribution in [3.63, 3.8) is 0 Å². The van der Waals surface area contributed by atoms with Crippen molar-refractivity contribution < 1.29 is 19.1 Å². The van der Waals surface area contributed by atoms with Crippen molar-refractivity contribution >= 4 is 23.5 Å². The molecule has 0 heterocycles. The van der Waals surface area contributed by atoms with Gasteiger partial charge in [0.05, 0.1) is 12.7 Å². The van der Waals surface area contributed by atoms with Gasteiger partial charge in [-0.1, -0.05) is 17.7 Å². The monoisotopic (exact) mass is 299 g/mol. The third-order valence-corrected chi connectivity index (χ3v) is 2.74. The average molecular weight is 300 g/mol. The Morgan fingerprint density at radius 3 is 2.35 bits per heavy atom. The maximum Gasteiger partial charge on any atom is 0.337 e. The lowest BCUT2D eigenvalue weighted by Gasteiger charge is -2.22. The maximum atomic E-state index is 11.9. The minimum absolute atomic E-state index is 0.214. The van der Waals surface area contributed by atoms with Crippen LogP contribution < -0.4 is 5.73 Å². The van der Waals surface area contributed by atoms with Gasteiger partial charge in [-0.2, -0.15) is 0 Å². The SMILES string of the molecule is COC(=O)c1ccc(C(N)C(=O)OC(C)(C)C)c(Cl)c1. The largest absolute Gasteiger partial charge is 0.465 e. The molecule has 0 aliphatic carbocycles. The number of nitrogens with two attached hydrogens (primary N) is 1. The van der Waals surface area contributed by atoms with E-state index in [1.165, 1.54) is 25.3 Å². The van der Waals surface area contributed by atoms with E-state index in [0.29, 0.717) is 5.56 Å². The van der Waals surface area contributed by atoms with Crippen molar-refractivity contribution in [1.82, 2.24) is 0 Å². The Labute approximate surface area is 123 Å². The van der Waals surface area contributed by atoms with Gasteiger partial charge < -0.3 is 15.2 Å². The van der Waals surface area contributed by atoms with Crippen molar-refractivity contribution in [1.29, 1.82) is 0 Å². The molecular formula is C14H18ClNO4. The first-order valence-corrected chi connectivity index (χ1v) is 6.39. The molecule has 1 unspecified atom stereocenters. The van der Waals surface area contributed by atoms with Gasteiger partial charge in [-0.25, -0.2) is 9.59 Å². The molecule has 1 rings (SSSR count). The van der Waals surface area contributed by atoms with Gasteiger partial charge in [0.15, 0.2) is 0 Å². The van der Waals surface area contributed by atoms with Crippen molar-refractivity contribution in [3.05, 3.63) is 34.3 Å². The first kappa shape index (κ1) is 16.5. The minimum atomic E-state index is -1.01. The van der Waals surface area contributed by atoms with Crippen LogP contribution in [0.5, 0.6) is 0 Å². The van der Waals surface area contributed by atoms with Crippen LogP contribution in [0.1, 0.15) is 42.7 Å². The van der Waals surface area contributed by atoms with Gasteiger partial charge in [-0.15, -0.1) is 0 Å². The smallest absolute Gasteiger partial charge is 0.337 e. The van der Waals surface area contributed by atoms with Gasteiger partial charge in [-0.05, 0) is 38.5 Å². The van der Waals surface area contributed by atoms with Crippen LogP contribution in [0.4, 0.5) is 0 Å². The second kappa shape index (κ2) is 6.24. The summed E-state index contributed by atoms with van der Waals surface area (Å²) >= 11 is 6.05. The Hall–Kier alpha value is -1.59. The highest BCUT2D eigenvalue weighted by molar-refractivity contribution is 6.32. The van der Waals surface area contributed by atoms with E-state index in [1.807, 2.05) is 0 Å². The fraction of sp³-hybridized carbons (Fsp3) is 0.429. The lowest BCUT2D eigenvalue weighted by molar-refractivity contribution is -0.156. The molecule has 0 spiro atoms. The Balaban J connectivity index is 2.97. The summed E-state index contributed by atoms with van der Waals surface area (Å²) in [5.74, 6) is -1.09. The van der Waals surface area contributed by atoms with E-state index >= 15 is 0 Å². The summed E-state index contributed by atoms with van der Waals surface area (Å²) in [4.78, 5) is 23.3. The van der Waals surface area contributed by atoms with Crippen molar-refractivity contribution in [3.8, 4) is 0 Å². The Morgan fingerprint density at radius 2 is 1.90 bits per heavy atom. The van der Waals surface area contributed by atoms with Crippen LogP contribution in [0.3, 0.4) is 0 Å². The summed E-state index contributed by atoms with van der Waals surface area (Å²) in [5.41, 5.74) is 5.88. The lowest BCUT2D eigenvalue weighted by atomic mass is 10.0. The standard InChI is InChI=1S/C14H18ClNO4/c1-14(2,3)20-13(18)11(16)9-6-5-8(7-10(9)15)12(17)19-4/h5-7,11H,16H2,1-4H3. The number of ether oxygens (including phenoxy) is 2. The first-order valence-electron chi connectivity index (χ1n) is 6.02. The number of benzene rings is 1. The summed E-state index contributed by atoms with van der Waals surface area (Å²) in [6, 6.07) is 3.42. The fourth-order valence-corrected chi connectivity index (χ4v) is 1.81. The highest BCUT2D eigenvalue weighted by Gasteiger charge is 2.25. The number of carbonyl (C=O) groups excluding carboxylic acids is 2. The molecule has 1 atom stereocenters. The number of hydrogen-bond donors (Lipinski definition) is 1. The molecule has 0 fully saturated rings. The number of hydrogen-bond acceptors (Lipinski definition) is 5.